The molecule has 0 bridgehead atoms. The third-order valence-corrected chi connectivity index (χ3v) is 1.91. The van der Waals surface area contributed by atoms with E-state index >= 15 is 0 Å². The van der Waals surface area contributed by atoms with E-state index in [9.17, 15) is 4.79 Å². The number of rotatable bonds is 1. The van der Waals surface area contributed by atoms with Crippen molar-refractivity contribution in [2.75, 3.05) is 19.7 Å². The number of aliphatic hydroxyl groups is 2. The van der Waals surface area contributed by atoms with E-state index in [-0.39, 0.29) is 25.6 Å². The number of amides is 1. The minimum absolute atomic E-state index is 0.112. The maximum atomic E-state index is 10.3. The summed E-state index contributed by atoms with van der Waals surface area (Å²) in [6, 6.07) is 0. The van der Waals surface area contributed by atoms with Gasteiger partial charge < -0.3 is 20.2 Å². The SMILES string of the molecule is O=C(O)N1C[C@@H](CO)[C@H](O)C1. The third-order valence-electron chi connectivity index (χ3n) is 1.91. The summed E-state index contributed by atoms with van der Waals surface area (Å²) in [5, 5.41) is 26.3. The van der Waals surface area contributed by atoms with Gasteiger partial charge in [-0.2, -0.15) is 0 Å². The minimum Gasteiger partial charge on any atom is -0.465 e. The summed E-state index contributed by atoms with van der Waals surface area (Å²) >= 11 is 0. The van der Waals surface area contributed by atoms with Crippen LogP contribution in [0.3, 0.4) is 0 Å². The molecule has 1 aliphatic heterocycles. The molecule has 0 radical (unpaired) electrons. The predicted molar refractivity (Wildman–Crippen MR) is 36.2 cm³/mol. The van der Waals surface area contributed by atoms with E-state index in [1.807, 2.05) is 0 Å². The van der Waals surface area contributed by atoms with Gasteiger partial charge in [-0.1, -0.05) is 0 Å². The van der Waals surface area contributed by atoms with Crippen molar-refractivity contribution in [3.63, 3.8) is 0 Å². The molecule has 0 saturated carbocycles. The Morgan fingerprint density at radius 2 is 2.18 bits per heavy atom. The number of aliphatic hydroxyl groups excluding tert-OH is 2. The summed E-state index contributed by atoms with van der Waals surface area (Å²) in [5.74, 6) is -0.314. The number of carbonyl (C=O) groups is 1. The highest BCUT2D eigenvalue weighted by Crippen LogP contribution is 2.15. The molecule has 5 nitrogen and oxygen atoms in total. The zero-order chi connectivity index (χ0) is 8.43. The van der Waals surface area contributed by atoms with Gasteiger partial charge in [0, 0.05) is 12.5 Å². The molecule has 1 saturated heterocycles. The van der Waals surface area contributed by atoms with Crippen molar-refractivity contribution in [3.05, 3.63) is 0 Å². The smallest absolute Gasteiger partial charge is 0.407 e. The van der Waals surface area contributed by atoms with E-state index in [0.29, 0.717) is 0 Å². The van der Waals surface area contributed by atoms with Crippen LogP contribution in [-0.4, -0.2) is 52.1 Å². The molecule has 1 fully saturated rings. The molecular formula is C6H11NO4. The first-order valence-electron chi connectivity index (χ1n) is 3.42. The summed E-state index contributed by atoms with van der Waals surface area (Å²) in [6.07, 6.45) is -1.75. The van der Waals surface area contributed by atoms with Crippen molar-refractivity contribution in [1.29, 1.82) is 0 Å². The van der Waals surface area contributed by atoms with Crippen LogP contribution in [0.1, 0.15) is 0 Å². The first-order valence-corrected chi connectivity index (χ1v) is 3.42. The van der Waals surface area contributed by atoms with Crippen LogP contribution in [0.2, 0.25) is 0 Å². The van der Waals surface area contributed by atoms with Crippen molar-refractivity contribution in [2.45, 2.75) is 6.10 Å². The molecule has 0 aromatic rings. The lowest BCUT2D eigenvalue weighted by Crippen LogP contribution is -2.27. The second kappa shape index (κ2) is 3.06. The Kier molecular flexibility index (Phi) is 2.31. The van der Waals surface area contributed by atoms with Crippen molar-refractivity contribution in [1.82, 2.24) is 4.90 Å². The summed E-state index contributed by atoms with van der Waals surface area (Å²) in [7, 11) is 0. The fraction of sp³-hybridized carbons (Fsp3) is 0.833. The zero-order valence-corrected chi connectivity index (χ0v) is 5.97. The standard InChI is InChI=1S/C6H11NO4/c8-3-4-1-7(6(10)11)2-5(4)9/h4-5,8-9H,1-3H2,(H,10,11)/t4-,5+/m0/s1. The number of hydrogen-bond donors (Lipinski definition) is 3. The molecule has 0 spiro atoms. The molecule has 1 heterocycles. The quantitative estimate of drug-likeness (QED) is 0.458. The molecule has 0 aromatic carbocycles. The Balaban J connectivity index is 2.49. The van der Waals surface area contributed by atoms with Gasteiger partial charge >= 0.3 is 6.09 Å². The second-order valence-corrected chi connectivity index (χ2v) is 2.70. The topological polar surface area (TPSA) is 81.0 Å². The van der Waals surface area contributed by atoms with Crippen molar-refractivity contribution in [2.24, 2.45) is 5.92 Å². The number of likely N-dealkylation sites (tertiary alicyclic amines) is 1. The van der Waals surface area contributed by atoms with Crippen molar-refractivity contribution < 1.29 is 20.1 Å². The van der Waals surface area contributed by atoms with Gasteiger partial charge in [-0.3, -0.25) is 0 Å². The highest BCUT2D eigenvalue weighted by atomic mass is 16.4. The summed E-state index contributed by atoms with van der Waals surface area (Å²) in [4.78, 5) is 11.4. The summed E-state index contributed by atoms with van der Waals surface area (Å²) in [6.45, 7) is 0.179. The zero-order valence-electron chi connectivity index (χ0n) is 5.97. The maximum absolute atomic E-state index is 10.3. The van der Waals surface area contributed by atoms with Gasteiger partial charge in [-0.25, -0.2) is 4.79 Å². The molecule has 1 rings (SSSR count). The molecular weight excluding hydrogens is 150 g/mol. The number of β-amino-alcohol motifs (C(OH)–C–C–N with tert-alkyl or cyclic N) is 1. The number of carboxylic acid groups (broad SMARTS) is 1. The van der Waals surface area contributed by atoms with Gasteiger partial charge in [0.2, 0.25) is 0 Å². The van der Waals surface area contributed by atoms with E-state index in [1.54, 1.807) is 0 Å². The lowest BCUT2D eigenvalue weighted by atomic mass is 10.1. The Hall–Kier alpha value is -0.810. The summed E-state index contributed by atoms with van der Waals surface area (Å²) < 4.78 is 0. The van der Waals surface area contributed by atoms with E-state index in [1.165, 1.54) is 0 Å². The molecule has 1 amide bonds. The normalized spacial score (nSPS) is 30.9. The Morgan fingerprint density at radius 3 is 2.45 bits per heavy atom. The van der Waals surface area contributed by atoms with Crippen LogP contribution in [0, 0.1) is 5.92 Å². The number of nitrogens with zero attached hydrogens (tertiary/aromatic N) is 1. The molecule has 1 aliphatic rings. The Bertz CT molecular complexity index is 161. The van der Waals surface area contributed by atoms with Gasteiger partial charge in [-0.05, 0) is 0 Å². The fourth-order valence-corrected chi connectivity index (χ4v) is 1.19. The molecule has 3 N–H and O–H groups in total. The predicted octanol–water partition coefficient (Wildman–Crippen LogP) is -1.05. The third kappa shape index (κ3) is 1.61. The maximum Gasteiger partial charge on any atom is 0.407 e. The van der Waals surface area contributed by atoms with Gasteiger partial charge in [0.05, 0.1) is 19.3 Å². The van der Waals surface area contributed by atoms with Gasteiger partial charge in [0.15, 0.2) is 0 Å². The monoisotopic (exact) mass is 161 g/mol. The van der Waals surface area contributed by atoms with Crippen LogP contribution in [-0.2, 0) is 0 Å². The van der Waals surface area contributed by atoms with Gasteiger partial charge in [-0.15, -0.1) is 0 Å². The fourth-order valence-electron chi connectivity index (χ4n) is 1.19. The van der Waals surface area contributed by atoms with Crippen LogP contribution < -0.4 is 0 Å². The minimum atomic E-state index is -1.04. The van der Waals surface area contributed by atoms with Crippen LogP contribution in [0.15, 0.2) is 0 Å². The van der Waals surface area contributed by atoms with Crippen molar-refractivity contribution >= 4 is 6.09 Å². The van der Waals surface area contributed by atoms with Crippen LogP contribution in [0.4, 0.5) is 4.79 Å². The molecule has 0 aliphatic carbocycles. The molecule has 5 heteroatoms. The van der Waals surface area contributed by atoms with Crippen molar-refractivity contribution in [3.8, 4) is 0 Å². The van der Waals surface area contributed by atoms with Crippen LogP contribution in [0.5, 0.6) is 0 Å². The highest BCUT2D eigenvalue weighted by Gasteiger charge is 2.33. The average molecular weight is 161 g/mol. The lowest BCUT2D eigenvalue weighted by molar-refractivity contribution is 0.102. The molecule has 11 heavy (non-hydrogen) atoms. The first-order chi connectivity index (χ1) is 5.15. The summed E-state index contributed by atoms with van der Waals surface area (Å²) in [5.41, 5.74) is 0. The van der Waals surface area contributed by atoms with E-state index < -0.39 is 12.2 Å². The second-order valence-electron chi connectivity index (χ2n) is 2.70. The van der Waals surface area contributed by atoms with E-state index in [0.717, 1.165) is 4.90 Å². The Morgan fingerprint density at radius 1 is 1.55 bits per heavy atom. The molecule has 0 unspecified atom stereocenters. The van der Waals surface area contributed by atoms with E-state index in [2.05, 4.69) is 0 Å². The largest absolute Gasteiger partial charge is 0.465 e. The molecule has 0 aromatic heterocycles. The Labute approximate surface area is 63.9 Å². The average Bonchev–Trinajstić information content (AvgIpc) is 2.31. The van der Waals surface area contributed by atoms with Crippen LogP contribution in [0.25, 0.3) is 0 Å². The highest BCUT2D eigenvalue weighted by molar-refractivity contribution is 5.65. The van der Waals surface area contributed by atoms with Gasteiger partial charge in [0.1, 0.15) is 0 Å². The molecule has 64 valence electrons. The van der Waals surface area contributed by atoms with Gasteiger partial charge in [0.25, 0.3) is 0 Å². The van der Waals surface area contributed by atoms with Crippen LogP contribution >= 0.6 is 0 Å². The van der Waals surface area contributed by atoms with E-state index in [4.69, 9.17) is 15.3 Å². The molecule has 2 atom stereocenters. The lowest BCUT2D eigenvalue weighted by Gasteiger charge is -2.09. The number of hydrogen-bond acceptors (Lipinski definition) is 3. The first kappa shape index (κ1) is 8.29.